The first-order valence-corrected chi connectivity index (χ1v) is 12.2. The molecule has 3 rings (SSSR count). The highest BCUT2D eigenvalue weighted by molar-refractivity contribution is 7.92. The number of hydrogen-bond donors (Lipinski definition) is 1. The number of nitrogens with one attached hydrogen (secondary N) is 1. The Kier molecular flexibility index (Phi) is 8.17. The van der Waals surface area contributed by atoms with E-state index in [1.54, 1.807) is 12.1 Å². The number of amides is 1. The van der Waals surface area contributed by atoms with Gasteiger partial charge in [0, 0.05) is 31.0 Å². The fourth-order valence-corrected chi connectivity index (χ4v) is 5.06. The van der Waals surface area contributed by atoms with E-state index in [1.165, 1.54) is 21.8 Å². The van der Waals surface area contributed by atoms with Gasteiger partial charge < -0.3 is 10.2 Å². The molecule has 0 bridgehead atoms. The molecule has 1 amide bonds. The lowest BCUT2D eigenvalue weighted by atomic mass is 9.97. The zero-order valence-corrected chi connectivity index (χ0v) is 19.3. The molecule has 1 aliphatic heterocycles. The molecule has 32 heavy (non-hydrogen) atoms. The Labute approximate surface area is 189 Å². The quantitative estimate of drug-likeness (QED) is 0.658. The lowest BCUT2D eigenvalue weighted by Crippen LogP contribution is -2.44. The molecule has 1 heterocycles. The maximum absolute atomic E-state index is 13.6. The summed E-state index contributed by atoms with van der Waals surface area (Å²) in [7, 11) is 0.237. The van der Waals surface area contributed by atoms with Gasteiger partial charge in [-0.15, -0.1) is 0 Å². The highest BCUT2D eigenvalue weighted by Crippen LogP contribution is 2.22. The summed E-state index contributed by atoms with van der Waals surface area (Å²) >= 11 is 0. The van der Waals surface area contributed by atoms with Crippen LogP contribution < -0.4 is 5.32 Å². The lowest BCUT2D eigenvalue weighted by Gasteiger charge is -2.31. The van der Waals surface area contributed by atoms with E-state index in [0.29, 0.717) is 32.5 Å². The standard InChI is InChI=1S/C24H30FN3O3S/c1-27(2)23(21-9-6-10-22(25)17-21)18-26-24(29)20-11-14-28(15-12-20)32(30,31)16-13-19-7-4-3-5-8-19/h3-10,13,16-17,20,23H,11-12,14-15,18H2,1-2H3,(H,26,29). The lowest BCUT2D eigenvalue weighted by molar-refractivity contribution is -0.126. The fraction of sp³-hybridized carbons (Fsp3) is 0.375. The van der Waals surface area contributed by atoms with Crippen LogP contribution in [0.1, 0.15) is 30.0 Å². The Hall–Kier alpha value is -2.55. The minimum absolute atomic E-state index is 0.0925. The largest absolute Gasteiger partial charge is 0.354 e. The van der Waals surface area contributed by atoms with Crippen molar-refractivity contribution in [2.24, 2.45) is 5.92 Å². The van der Waals surface area contributed by atoms with Crippen molar-refractivity contribution < 1.29 is 17.6 Å². The van der Waals surface area contributed by atoms with E-state index in [0.717, 1.165) is 11.1 Å². The van der Waals surface area contributed by atoms with Crippen molar-refractivity contribution in [1.82, 2.24) is 14.5 Å². The molecule has 0 radical (unpaired) electrons. The molecule has 8 heteroatoms. The van der Waals surface area contributed by atoms with Gasteiger partial charge >= 0.3 is 0 Å². The molecular weight excluding hydrogens is 429 g/mol. The summed E-state index contributed by atoms with van der Waals surface area (Å²) in [5.74, 6) is -0.643. The predicted octanol–water partition coefficient (Wildman–Crippen LogP) is 3.26. The Morgan fingerprint density at radius 2 is 1.84 bits per heavy atom. The van der Waals surface area contributed by atoms with Gasteiger partial charge in [-0.05, 0) is 56.3 Å². The molecule has 0 aliphatic carbocycles. The first kappa shape index (κ1) is 24.1. The maximum atomic E-state index is 13.6. The van der Waals surface area contributed by atoms with E-state index < -0.39 is 10.0 Å². The number of nitrogens with zero attached hydrogens (tertiary/aromatic N) is 2. The van der Waals surface area contributed by atoms with E-state index >= 15 is 0 Å². The van der Waals surface area contributed by atoms with Gasteiger partial charge in [0.1, 0.15) is 5.82 Å². The summed E-state index contributed by atoms with van der Waals surface area (Å²) < 4.78 is 40.2. The van der Waals surface area contributed by atoms with E-state index in [2.05, 4.69) is 5.32 Å². The molecule has 6 nitrogen and oxygen atoms in total. The number of halogens is 1. The van der Waals surface area contributed by atoms with Gasteiger partial charge in [-0.1, -0.05) is 42.5 Å². The highest BCUT2D eigenvalue weighted by Gasteiger charge is 2.30. The molecule has 2 aromatic rings. The summed E-state index contributed by atoms with van der Waals surface area (Å²) in [5, 5.41) is 4.19. The molecule has 1 N–H and O–H groups in total. The van der Waals surface area contributed by atoms with E-state index in [1.807, 2.05) is 55.4 Å². The van der Waals surface area contributed by atoms with E-state index in [-0.39, 0.29) is 23.7 Å². The number of rotatable bonds is 8. The summed E-state index contributed by atoms with van der Waals surface area (Å²) in [6.07, 6.45) is 2.52. The minimum Gasteiger partial charge on any atom is -0.354 e. The Morgan fingerprint density at radius 1 is 1.16 bits per heavy atom. The van der Waals surface area contributed by atoms with Crippen molar-refractivity contribution in [3.63, 3.8) is 0 Å². The van der Waals surface area contributed by atoms with Gasteiger partial charge in [0.15, 0.2) is 0 Å². The Balaban J connectivity index is 1.53. The van der Waals surface area contributed by atoms with Crippen LogP contribution in [0.4, 0.5) is 4.39 Å². The fourth-order valence-electron chi connectivity index (χ4n) is 3.84. The summed E-state index contributed by atoms with van der Waals surface area (Å²) in [6.45, 7) is 0.967. The van der Waals surface area contributed by atoms with Crippen LogP contribution in [-0.4, -0.2) is 57.3 Å². The molecule has 1 fully saturated rings. The third-order valence-corrected chi connectivity index (χ3v) is 7.31. The van der Waals surface area contributed by atoms with Crippen molar-refractivity contribution >= 4 is 22.0 Å². The summed E-state index contributed by atoms with van der Waals surface area (Å²) in [6, 6.07) is 15.5. The monoisotopic (exact) mass is 459 g/mol. The molecular formula is C24H30FN3O3S. The molecule has 1 unspecified atom stereocenters. The van der Waals surface area contributed by atoms with Crippen molar-refractivity contribution in [2.75, 3.05) is 33.7 Å². The molecule has 172 valence electrons. The molecule has 0 spiro atoms. The molecule has 1 saturated heterocycles. The van der Waals surface area contributed by atoms with Crippen LogP contribution in [0, 0.1) is 11.7 Å². The van der Waals surface area contributed by atoms with Crippen molar-refractivity contribution in [2.45, 2.75) is 18.9 Å². The average molecular weight is 460 g/mol. The van der Waals surface area contributed by atoms with E-state index in [9.17, 15) is 17.6 Å². The minimum atomic E-state index is -3.53. The van der Waals surface area contributed by atoms with Crippen molar-refractivity contribution in [1.29, 1.82) is 0 Å². The summed E-state index contributed by atoms with van der Waals surface area (Å²) in [4.78, 5) is 14.6. The van der Waals surface area contributed by atoms with Crippen LogP contribution in [0.5, 0.6) is 0 Å². The van der Waals surface area contributed by atoms with Gasteiger partial charge in [0.25, 0.3) is 0 Å². The second kappa shape index (κ2) is 10.8. The van der Waals surface area contributed by atoms with Gasteiger partial charge in [-0.25, -0.2) is 12.8 Å². The number of likely N-dealkylation sites (N-methyl/N-ethyl adjacent to an activating group) is 1. The SMILES string of the molecule is CN(C)C(CNC(=O)C1CCN(S(=O)(=O)C=Cc2ccccc2)CC1)c1cccc(F)c1. The third kappa shape index (κ3) is 6.48. The number of carbonyl (C=O) groups is 1. The Morgan fingerprint density at radius 3 is 2.47 bits per heavy atom. The van der Waals surface area contributed by atoms with Crippen LogP contribution in [0.2, 0.25) is 0 Å². The maximum Gasteiger partial charge on any atom is 0.236 e. The normalized spacial score (nSPS) is 17.0. The number of benzene rings is 2. The zero-order chi connectivity index (χ0) is 23.1. The van der Waals surface area contributed by atoms with Gasteiger partial charge in [-0.2, -0.15) is 4.31 Å². The zero-order valence-electron chi connectivity index (χ0n) is 18.4. The van der Waals surface area contributed by atoms with Crippen LogP contribution in [0.25, 0.3) is 6.08 Å². The van der Waals surface area contributed by atoms with Gasteiger partial charge in [-0.3, -0.25) is 4.79 Å². The second-order valence-corrected chi connectivity index (χ2v) is 10.0. The first-order chi connectivity index (χ1) is 15.3. The van der Waals surface area contributed by atoms with Crippen LogP contribution in [0.15, 0.2) is 60.0 Å². The summed E-state index contributed by atoms with van der Waals surface area (Å²) in [5.41, 5.74) is 1.61. The molecule has 0 aromatic heterocycles. The average Bonchev–Trinajstić information content (AvgIpc) is 2.78. The number of piperidine rings is 1. The predicted molar refractivity (Wildman–Crippen MR) is 125 cm³/mol. The van der Waals surface area contributed by atoms with Gasteiger partial charge in [0.2, 0.25) is 15.9 Å². The number of hydrogen-bond acceptors (Lipinski definition) is 4. The molecule has 1 aliphatic rings. The van der Waals surface area contributed by atoms with Crippen molar-refractivity contribution in [3.05, 3.63) is 76.9 Å². The van der Waals surface area contributed by atoms with Crippen LogP contribution in [0.3, 0.4) is 0 Å². The molecule has 2 aromatic carbocycles. The topological polar surface area (TPSA) is 69.7 Å². The van der Waals surface area contributed by atoms with E-state index in [4.69, 9.17) is 0 Å². The first-order valence-electron chi connectivity index (χ1n) is 10.7. The smallest absolute Gasteiger partial charge is 0.236 e. The van der Waals surface area contributed by atoms with Crippen molar-refractivity contribution in [3.8, 4) is 0 Å². The van der Waals surface area contributed by atoms with Crippen LogP contribution in [-0.2, 0) is 14.8 Å². The van der Waals surface area contributed by atoms with Gasteiger partial charge in [0.05, 0.1) is 6.04 Å². The number of carbonyl (C=O) groups excluding carboxylic acids is 1. The molecule has 0 saturated carbocycles. The second-order valence-electron chi connectivity index (χ2n) is 8.21. The number of sulfonamides is 1. The Bertz CT molecular complexity index is 1030. The third-order valence-electron chi connectivity index (χ3n) is 5.74. The van der Waals surface area contributed by atoms with Crippen LogP contribution >= 0.6 is 0 Å². The molecule has 1 atom stereocenters. The highest BCUT2D eigenvalue weighted by atomic mass is 32.2.